The van der Waals surface area contributed by atoms with Gasteiger partial charge in [0.2, 0.25) is 0 Å². The third-order valence-electron chi connectivity index (χ3n) is 5.14. The third kappa shape index (κ3) is 4.94. The molecule has 0 radical (unpaired) electrons. The van der Waals surface area contributed by atoms with Crippen LogP contribution in [0.25, 0.3) is 0 Å². The van der Waals surface area contributed by atoms with Crippen LogP contribution in [0.3, 0.4) is 0 Å². The molecule has 1 heterocycles. The molecule has 4 rings (SSSR count). The Hall–Kier alpha value is -1.60. The van der Waals surface area contributed by atoms with Crippen molar-refractivity contribution >= 4 is 51.8 Å². The molecule has 1 saturated carbocycles. The van der Waals surface area contributed by atoms with Gasteiger partial charge in [0, 0.05) is 23.2 Å². The van der Waals surface area contributed by atoms with Gasteiger partial charge in [0.05, 0.1) is 40.3 Å². The average molecular weight is 453 g/mol. The van der Waals surface area contributed by atoms with E-state index in [-0.39, 0.29) is 12.0 Å². The standard InChI is InChI=1S/C21H22Cl2N2O3S/c22-14-10-15(12-18(11-14)28-17-4-1-2-5-17)24-21(26)19-13-16(6-7-20(19)23)25-8-3-9-29(25)27/h6-7,10-13,17H,1-5,8-9H2,(H,24,26). The van der Waals surface area contributed by atoms with Crippen molar-refractivity contribution in [2.45, 2.75) is 38.2 Å². The minimum atomic E-state index is -1.06. The number of nitrogens with zero attached hydrogens (tertiary/aromatic N) is 1. The van der Waals surface area contributed by atoms with Crippen LogP contribution in [0.5, 0.6) is 5.75 Å². The number of hydrogen-bond acceptors (Lipinski definition) is 4. The Morgan fingerprint density at radius 2 is 1.93 bits per heavy atom. The maximum Gasteiger partial charge on any atom is 0.257 e. The molecular formula is C21H22Cl2N2O3S. The normalized spacial score (nSPS) is 19.6. The number of carbonyl (C=O) groups is 1. The number of benzene rings is 2. The van der Waals surface area contributed by atoms with Crippen LogP contribution in [-0.4, -0.2) is 28.9 Å². The van der Waals surface area contributed by atoms with Crippen LogP contribution in [0.1, 0.15) is 42.5 Å². The Bertz CT molecular complexity index is 905. The fourth-order valence-corrected chi connectivity index (χ4v) is 5.44. The van der Waals surface area contributed by atoms with Gasteiger partial charge in [0.15, 0.2) is 0 Å². The molecule has 5 nitrogen and oxygen atoms in total. The van der Waals surface area contributed by atoms with E-state index >= 15 is 0 Å². The largest absolute Gasteiger partial charge is 0.593 e. The zero-order valence-electron chi connectivity index (χ0n) is 15.8. The monoisotopic (exact) mass is 452 g/mol. The SMILES string of the molecule is O=C(Nc1cc(Cl)cc(OC2CCCC2)c1)c1cc(N2CCC[S+]2[O-])ccc1Cl. The van der Waals surface area contributed by atoms with E-state index in [0.29, 0.717) is 39.3 Å². The summed E-state index contributed by atoms with van der Waals surface area (Å²) in [5.74, 6) is 0.930. The molecule has 0 bridgehead atoms. The van der Waals surface area contributed by atoms with Crippen LogP contribution in [-0.2, 0) is 11.4 Å². The van der Waals surface area contributed by atoms with Crippen LogP contribution >= 0.6 is 23.2 Å². The first kappa shape index (κ1) is 20.7. The van der Waals surface area contributed by atoms with Crippen molar-refractivity contribution in [3.63, 3.8) is 0 Å². The zero-order chi connectivity index (χ0) is 20.4. The van der Waals surface area contributed by atoms with Gasteiger partial charge in [-0.3, -0.25) is 4.79 Å². The van der Waals surface area contributed by atoms with E-state index in [1.165, 1.54) is 12.8 Å². The van der Waals surface area contributed by atoms with Gasteiger partial charge in [0.25, 0.3) is 5.91 Å². The van der Waals surface area contributed by atoms with Gasteiger partial charge < -0.3 is 14.6 Å². The molecule has 154 valence electrons. The van der Waals surface area contributed by atoms with Crippen LogP contribution < -0.4 is 14.4 Å². The molecular weight excluding hydrogens is 431 g/mol. The van der Waals surface area contributed by atoms with Crippen molar-refractivity contribution in [2.24, 2.45) is 0 Å². The van der Waals surface area contributed by atoms with Crippen molar-refractivity contribution in [3.8, 4) is 5.75 Å². The van der Waals surface area contributed by atoms with E-state index in [0.717, 1.165) is 24.9 Å². The second kappa shape index (κ2) is 9.04. The maximum atomic E-state index is 12.9. The lowest BCUT2D eigenvalue weighted by atomic mass is 10.1. The lowest BCUT2D eigenvalue weighted by molar-refractivity contribution is 0.102. The topological polar surface area (TPSA) is 64.6 Å². The van der Waals surface area contributed by atoms with Gasteiger partial charge in [-0.2, -0.15) is 4.31 Å². The van der Waals surface area contributed by atoms with E-state index in [1.54, 1.807) is 40.7 Å². The summed E-state index contributed by atoms with van der Waals surface area (Å²) in [6.45, 7) is 0.700. The quantitative estimate of drug-likeness (QED) is 0.613. The van der Waals surface area contributed by atoms with Crippen molar-refractivity contribution in [1.82, 2.24) is 0 Å². The van der Waals surface area contributed by atoms with Gasteiger partial charge >= 0.3 is 0 Å². The first-order valence-corrected chi connectivity index (χ1v) is 11.8. The molecule has 2 aliphatic rings. The first-order valence-electron chi connectivity index (χ1n) is 9.74. The summed E-state index contributed by atoms with van der Waals surface area (Å²) in [5, 5.41) is 3.67. The van der Waals surface area contributed by atoms with Crippen molar-refractivity contribution in [2.75, 3.05) is 21.9 Å². The Morgan fingerprint density at radius 3 is 2.66 bits per heavy atom. The molecule has 29 heavy (non-hydrogen) atoms. The molecule has 2 fully saturated rings. The molecule has 1 amide bonds. The molecule has 1 aliphatic carbocycles. The van der Waals surface area contributed by atoms with Crippen LogP contribution in [0.15, 0.2) is 36.4 Å². The molecule has 1 aliphatic heterocycles. The molecule has 0 aromatic heterocycles. The van der Waals surface area contributed by atoms with E-state index in [2.05, 4.69) is 5.32 Å². The highest BCUT2D eigenvalue weighted by Gasteiger charge is 2.28. The van der Waals surface area contributed by atoms with Crippen molar-refractivity contribution in [3.05, 3.63) is 52.0 Å². The Balaban J connectivity index is 1.52. The minimum absolute atomic E-state index is 0.199. The van der Waals surface area contributed by atoms with E-state index in [4.69, 9.17) is 27.9 Å². The second-order valence-corrected chi connectivity index (χ2v) is 9.64. The summed E-state index contributed by atoms with van der Waals surface area (Å²) in [5.41, 5.74) is 1.60. The number of rotatable bonds is 5. The number of amides is 1. The van der Waals surface area contributed by atoms with Gasteiger partial charge in [-0.25, -0.2) is 0 Å². The van der Waals surface area contributed by atoms with E-state index < -0.39 is 11.4 Å². The summed E-state index contributed by atoms with van der Waals surface area (Å²) in [6.07, 6.45) is 5.48. The number of ether oxygens (including phenoxy) is 1. The fourth-order valence-electron chi connectivity index (χ4n) is 3.73. The van der Waals surface area contributed by atoms with E-state index in [9.17, 15) is 9.35 Å². The summed E-state index contributed by atoms with van der Waals surface area (Å²) in [7, 11) is 0. The van der Waals surface area contributed by atoms with E-state index in [1.807, 2.05) is 0 Å². The third-order valence-corrected chi connectivity index (χ3v) is 7.21. The number of halogens is 2. The summed E-state index contributed by atoms with van der Waals surface area (Å²) in [6, 6.07) is 10.3. The summed E-state index contributed by atoms with van der Waals surface area (Å²) in [4.78, 5) is 12.9. The molecule has 1 saturated heterocycles. The van der Waals surface area contributed by atoms with Gasteiger partial charge in [0.1, 0.15) is 11.5 Å². The summed E-state index contributed by atoms with van der Waals surface area (Å²) < 4.78 is 19.9. The Kier molecular flexibility index (Phi) is 6.44. The first-order chi connectivity index (χ1) is 14.0. The molecule has 1 atom stereocenters. The smallest absolute Gasteiger partial charge is 0.257 e. The fraction of sp³-hybridized carbons (Fsp3) is 0.381. The Morgan fingerprint density at radius 1 is 1.14 bits per heavy atom. The highest BCUT2D eigenvalue weighted by atomic mass is 35.5. The number of carbonyl (C=O) groups excluding carboxylic acids is 1. The molecule has 2 aromatic carbocycles. The van der Waals surface area contributed by atoms with Crippen LogP contribution in [0, 0.1) is 0 Å². The van der Waals surface area contributed by atoms with Crippen molar-refractivity contribution < 1.29 is 14.1 Å². The second-order valence-electron chi connectivity index (χ2n) is 7.30. The predicted octanol–water partition coefficient (Wildman–Crippen LogP) is 5.44. The lowest BCUT2D eigenvalue weighted by Crippen LogP contribution is -2.25. The highest BCUT2D eigenvalue weighted by molar-refractivity contribution is 7.93. The molecule has 1 unspecified atom stereocenters. The maximum absolute atomic E-state index is 12.9. The minimum Gasteiger partial charge on any atom is -0.593 e. The van der Waals surface area contributed by atoms with Crippen LogP contribution in [0.4, 0.5) is 11.4 Å². The Labute approximate surface area is 183 Å². The number of hydrogen-bond donors (Lipinski definition) is 1. The number of nitrogens with one attached hydrogen (secondary N) is 1. The van der Waals surface area contributed by atoms with Crippen LogP contribution in [0.2, 0.25) is 10.0 Å². The molecule has 2 aromatic rings. The summed E-state index contributed by atoms with van der Waals surface area (Å²) >= 11 is 11.4. The molecule has 8 heteroatoms. The van der Waals surface area contributed by atoms with Gasteiger partial charge in [-0.1, -0.05) is 23.2 Å². The van der Waals surface area contributed by atoms with Crippen molar-refractivity contribution in [1.29, 1.82) is 0 Å². The lowest BCUT2D eigenvalue weighted by Gasteiger charge is -2.19. The number of anilines is 2. The molecule has 1 N–H and O–H groups in total. The average Bonchev–Trinajstić information content (AvgIpc) is 3.33. The predicted molar refractivity (Wildman–Crippen MR) is 119 cm³/mol. The highest BCUT2D eigenvalue weighted by Crippen LogP contribution is 2.31. The zero-order valence-corrected chi connectivity index (χ0v) is 18.2. The van der Waals surface area contributed by atoms with Gasteiger partial charge in [-0.15, -0.1) is 0 Å². The molecule has 0 spiro atoms. The van der Waals surface area contributed by atoms with Gasteiger partial charge in [-0.05, 0) is 56.0 Å².